The first-order valence-electron chi connectivity index (χ1n) is 7.34. The SMILES string of the molecule is O=C(NCc1ccncc1)c1cccc(NC(=O)c2cccs2)c1. The van der Waals surface area contributed by atoms with Gasteiger partial charge in [0.2, 0.25) is 0 Å². The highest BCUT2D eigenvalue weighted by Gasteiger charge is 2.09. The van der Waals surface area contributed by atoms with Crippen LogP contribution in [0.4, 0.5) is 5.69 Å². The molecule has 3 aromatic rings. The van der Waals surface area contributed by atoms with Crippen molar-refractivity contribution >= 4 is 28.8 Å². The second-order valence-corrected chi connectivity index (χ2v) is 6.00. The average Bonchev–Trinajstić information content (AvgIpc) is 3.15. The van der Waals surface area contributed by atoms with Crippen LogP contribution in [0, 0.1) is 0 Å². The van der Waals surface area contributed by atoms with Gasteiger partial charge in [0, 0.05) is 30.2 Å². The molecular formula is C18H15N3O2S. The Balaban J connectivity index is 1.64. The molecule has 1 aromatic carbocycles. The summed E-state index contributed by atoms with van der Waals surface area (Å²) < 4.78 is 0. The highest BCUT2D eigenvalue weighted by molar-refractivity contribution is 7.12. The predicted molar refractivity (Wildman–Crippen MR) is 94.1 cm³/mol. The van der Waals surface area contributed by atoms with Gasteiger partial charge in [-0.05, 0) is 47.3 Å². The van der Waals surface area contributed by atoms with Crippen LogP contribution >= 0.6 is 11.3 Å². The molecule has 5 nitrogen and oxygen atoms in total. The minimum absolute atomic E-state index is 0.181. The average molecular weight is 337 g/mol. The summed E-state index contributed by atoms with van der Waals surface area (Å²) in [5.74, 6) is -0.377. The zero-order valence-electron chi connectivity index (χ0n) is 12.7. The van der Waals surface area contributed by atoms with Gasteiger partial charge in [0.05, 0.1) is 4.88 Å². The Bertz CT molecular complexity index is 832. The van der Waals surface area contributed by atoms with E-state index in [0.717, 1.165) is 5.56 Å². The number of hydrogen-bond acceptors (Lipinski definition) is 4. The third-order valence-electron chi connectivity index (χ3n) is 3.33. The summed E-state index contributed by atoms with van der Waals surface area (Å²) in [7, 11) is 0. The van der Waals surface area contributed by atoms with Crippen LogP contribution in [-0.4, -0.2) is 16.8 Å². The van der Waals surface area contributed by atoms with Gasteiger partial charge in [0.25, 0.3) is 11.8 Å². The highest BCUT2D eigenvalue weighted by atomic mass is 32.1. The quantitative estimate of drug-likeness (QED) is 0.750. The standard InChI is InChI=1S/C18H15N3O2S/c22-17(20-12-13-6-8-19-9-7-13)14-3-1-4-15(11-14)21-18(23)16-5-2-10-24-16/h1-11H,12H2,(H,20,22)(H,21,23). The number of aromatic nitrogens is 1. The van der Waals surface area contributed by atoms with E-state index in [1.165, 1.54) is 11.3 Å². The van der Waals surface area contributed by atoms with Gasteiger partial charge in [0.15, 0.2) is 0 Å². The maximum Gasteiger partial charge on any atom is 0.265 e. The smallest absolute Gasteiger partial charge is 0.265 e. The van der Waals surface area contributed by atoms with Gasteiger partial charge < -0.3 is 10.6 Å². The largest absolute Gasteiger partial charge is 0.348 e. The van der Waals surface area contributed by atoms with Gasteiger partial charge >= 0.3 is 0 Å². The van der Waals surface area contributed by atoms with Crippen LogP contribution in [0.1, 0.15) is 25.6 Å². The maximum atomic E-state index is 12.2. The summed E-state index contributed by atoms with van der Waals surface area (Å²) in [4.78, 5) is 28.9. The number of carbonyl (C=O) groups is 2. The Morgan fingerprint density at radius 2 is 1.83 bits per heavy atom. The molecule has 0 aliphatic rings. The zero-order valence-corrected chi connectivity index (χ0v) is 13.5. The lowest BCUT2D eigenvalue weighted by Gasteiger charge is -2.08. The van der Waals surface area contributed by atoms with Crippen molar-refractivity contribution in [3.05, 3.63) is 82.3 Å². The van der Waals surface area contributed by atoms with E-state index in [-0.39, 0.29) is 11.8 Å². The number of amides is 2. The highest BCUT2D eigenvalue weighted by Crippen LogP contribution is 2.15. The van der Waals surface area contributed by atoms with E-state index in [2.05, 4.69) is 15.6 Å². The molecule has 0 unspecified atom stereocenters. The fraction of sp³-hybridized carbons (Fsp3) is 0.0556. The molecular weight excluding hydrogens is 322 g/mol. The van der Waals surface area contributed by atoms with Gasteiger partial charge in [-0.3, -0.25) is 14.6 Å². The van der Waals surface area contributed by atoms with Crippen LogP contribution in [0.25, 0.3) is 0 Å². The first-order chi connectivity index (χ1) is 11.7. The minimum Gasteiger partial charge on any atom is -0.348 e. The molecule has 0 atom stereocenters. The lowest BCUT2D eigenvalue weighted by molar-refractivity contribution is 0.0949. The number of benzene rings is 1. The first kappa shape index (κ1) is 15.9. The van der Waals surface area contributed by atoms with Crippen molar-refractivity contribution in [1.29, 1.82) is 0 Å². The van der Waals surface area contributed by atoms with Crippen molar-refractivity contribution in [2.75, 3.05) is 5.32 Å². The molecule has 0 aliphatic heterocycles. The number of nitrogens with zero attached hydrogens (tertiary/aromatic N) is 1. The summed E-state index contributed by atoms with van der Waals surface area (Å²) in [6, 6.07) is 14.1. The summed E-state index contributed by atoms with van der Waals surface area (Å²) in [5, 5.41) is 7.49. The molecule has 24 heavy (non-hydrogen) atoms. The molecule has 0 fully saturated rings. The van der Waals surface area contributed by atoms with E-state index < -0.39 is 0 Å². The Morgan fingerprint density at radius 3 is 2.58 bits per heavy atom. The van der Waals surface area contributed by atoms with Crippen LogP contribution < -0.4 is 10.6 Å². The second kappa shape index (κ2) is 7.52. The third kappa shape index (κ3) is 4.05. The van der Waals surface area contributed by atoms with Crippen molar-refractivity contribution in [1.82, 2.24) is 10.3 Å². The molecule has 2 aromatic heterocycles. The van der Waals surface area contributed by atoms with Gasteiger partial charge in [-0.1, -0.05) is 12.1 Å². The lowest BCUT2D eigenvalue weighted by Crippen LogP contribution is -2.23. The van der Waals surface area contributed by atoms with E-state index in [1.807, 2.05) is 23.6 Å². The Morgan fingerprint density at radius 1 is 1.00 bits per heavy atom. The van der Waals surface area contributed by atoms with Crippen LogP contribution in [0.2, 0.25) is 0 Å². The lowest BCUT2D eigenvalue weighted by atomic mass is 10.1. The predicted octanol–water partition coefficient (Wildman–Crippen LogP) is 3.33. The number of pyridine rings is 1. The zero-order chi connectivity index (χ0) is 16.8. The monoisotopic (exact) mass is 337 g/mol. The van der Waals surface area contributed by atoms with Crippen molar-refractivity contribution < 1.29 is 9.59 Å². The minimum atomic E-state index is -0.195. The topological polar surface area (TPSA) is 71.1 Å². The summed E-state index contributed by atoms with van der Waals surface area (Å²) in [6.07, 6.45) is 3.37. The molecule has 120 valence electrons. The number of nitrogens with one attached hydrogen (secondary N) is 2. The fourth-order valence-electron chi connectivity index (χ4n) is 2.12. The maximum absolute atomic E-state index is 12.2. The molecule has 0 saturated carbocycles. The summed E-state index contributed by atoms with van der Waals surface area (Å²) in [5.41, 5.74) is 2.05. The molecule has 0 aliphatic carbocycles. The van der Waals surface area contributed by atoms with Gasteiger partial charge in [-0.25, -0.2) is 0 Å². The van der Waals surface area contributed by atoms with Crippen molar-refractivity contribution in [3.8, 4) is 0 Å². The molecule has 0 radical (unpaired) electrons. The molecule has 3 rings (SSSR count). The molecule has 0 spiro atoms. The van der Waals surface area contributed by atoms with Gasteiger partial charge in [-0.15, -0.1) is 11.3 Å². The Hall–Kier alpha value is -2.99. The van der Waals surface area contributed by atoms with Crippen LogP contribution in [0.3, 0.4) is 0 Å². The molecule has 2 amide bonds. The van der Waals surface area contributed by atoms with Gasteiger partial charge in [0.1, 0.15) is 0 Å². The van der Waals surface area contributed by atoms with Crippen molar-refractivity contribution in [3.63, 3.8) is 0 Å². The van der Waals surface area contributed by atoms with Crippen LogP contribution in [0.5, 0.6) is 0 Å². The van der Waals surface area contributed by atoms with E-state index >= 15 is 0 Å². The first-order valence-corrected chi connectivity index (χ1v) is 8.22. The van der Waals surface area contributed by atoms with E-state index in [1.54, 1.807) is 42.7 Å². The fourth-order valence-corrected chi connectivity index (χ4v) is 2.74. The third-order valence-corrected chi connectivity index (χ3v) is 4.20. The number of anilines is 1. The molecule has 2 N–H and O–H groups in total. The Labute approximate surface area is 143 Å². The normalized spacial score (nSPS) is 10.2. The number of thiophene rings is 1. The van der Waals surface area contributed by atoms with Crippen molar-refractivity contribution in [2.24, 2.45) is 0 Å². The number of carbonyl (C=O) groups excluding carboxylic acids is 2. The number of hydrogen-bond donors (Lipinski definition) is 2. The molecule has 6 heteroatoms. The van der Waals surface area contributed by atoms with E-state index in [9.17, 15) is 9.59 Å². The summed E-state index contributed by atoms with van der Waals surface area (Å²) in [6.45, 7) is 0.424. The number of rotatable bonds is 5. The molecule has 0 saturated heterocycles. The van der Waals surface area contributed by atoms with Crippen LogP contribution in [-0.2, 0) is 6.54 Å². The van der Waals surface area contributed by atoms with E-state index in [0.29, 0.717) is 22.7 Å². The van der Waals surface area contributed by atoms with Crippen molar-refractivity contribution in [2.45, 2.75) is 6.54 Å². The van der Waals surface area contributed by atoms with Gasteiger partial charge in [-0.2, -0.15) is 0 Å². The van der Waals surface area contributed by atoms with Crippen LogP contribution in [0.15, 0.2) is 66.3 Å². The van der Waals surface area contributed by atoms with E-state index in [4.69, 9.17) is 0 Å². The molecule has 0 bridgehead atoms. The summed E-state index contributed by atoms with van der Waals surface area (Å²) >= 11 is 1.37. The molecule has 2 heterocycles. The Kier molecular flexibility index (Phi) is 4.98. The second-order valence-electron chi connectivity index (χ2n) is 5.05.